The number of aryl methyl sites for hydroxylation is 1. The van der Waals surface area contributed by atoms with Gasteiger partial charge in [-0.3, -0.25) is 4.68 Å². The molecule has 0 saturated carbocycles. The molecule has 4 nitrogen and oxygen atoms in total. The fraction of sp³-hybridized carbons (Fsp3) is 0.273. The standard InChI is InChI=1S/C11H12Br2N4/c12-9-7-10(13)11(15-8-9)14-3-1-5-17-6-2-4-16-17/h2,4,6-8H,1,3,5H2,(H,14,15). The molecule has 1 N–H and O–H groups in total. The number of halogens is 2. The predicted octanol–water partition coefficient (Wildman–Crippen LogP) is 3.31. The summed E-state index contributed by atoms with van der Waals surface area (Å²) in [5.74, 6) is 0.869. The second kappa shape index (κ2) is 6.16. The zero-order valence-electron chi connectivity index (χ0n) is 9.11. The van der Waals surface area contributed by atoms with Crippen molar-refractivity contribution < 1.29 is 0 Å². The van der Waals surface area contributed by atoms with Crippen LogP contribution in [0.2, 0.25) is 0 Å². The molecule has 0 bridgehead atoms. The van der Waals surface area contributed by atoms with Crippen LogP contribution in [0.25, 0.3) is 0 Å². The summed E-state index contributed by atoms with van der Waals surface area (Å²) in [6.45, 7) is 1.78. The van der Waals surface area contributed by atoms with Gasteiger partial charge in [-0.15, -0.1) is 0 Å². The van der Waals surface area contributed by atoms with E-state index >= 15 is 0 Å². The molecule has 0 aromatic carbocycles. The Morgan fingerprint density at radius 3 is 2.94 bits per heavy atom. The number of hydrogen-bond acceptors (Lipinski definition) is 3. The lowest BCUT2D eigenvalue weighted by molar-refractivity contribution is 0.591. The van der Waals surface area contributed by atoms with Gasteiger partial charge in [-0.25, -0.2) is 4.98 Å². The lowest BCUT2D eigenvalue weighted by Gasteiger charge is -2.07. The van der Waals surface area contributed by atoms with Crippen LogP contribution in [-0.2, 0) is 6.54 Å². The van der Waals surface area contributed by atoms with Gasteiger partial charge in [0.2, 0.25) is 0 Å². The maximum absolute atomic E-state index is 4.29. The average molecular weight is 360 g/mol. The monoisotopic (exact) mass is 358 g/mol. The maximum Gasteiger partial charge on any atom is 0.140 e. The molecule has 0 unspecified atom stereocenters. The Labute approximate surface area is 117 Å². The molecule has 6 heteroatoms. The molecule has 2 heterocycles. The number of nitrogens with zero attached hydrogens (tertiary/aromatic N) is 3. The first kappa shape index (κ1) is 12.6. The SMILES string of the molecule is Brc1cnc(NCCCn2cccn2)c(Br)c1. The number of pyridine rings is 1. The van der Waals surface area contributed by atoms with Gasteiger partial charge in [-0.05, 0) is 50.4 Å². The number of anilines is 1. The van der Waals surface area contributed by atoms with E-state index in [1.807, 2.05) is 23.0 Å². The lowest BCUT2D eigenvalue weighted by Crippen LogP contribution is -2.08. The molecule has 17 heavy (non-hydrogen) atoms. The van der Waals surface area contributed by atoms with Crippen molar-refractivity contribution in [3.8, 4) is 0 Å². The molecule has 0 radical (unpaired) electrons. The van der Waals surface area contributed by atoms with E-state index in [2.05, 4.69) is 47.3 Å². The highest BCUT2D eigenvalue weighted by atomic mass is 79.9. The summed E-state index contributed by atoms with van der Waals surface area (Å²) in [5.41, 5.74) is 0. The molecule has 0 fully saturated rings. The largest absolute Gasteiger partial charge is 0.369 e. The van der Waals surface area contributed by atoms with Crippen LogP contribution >= 0.6 is 31.9 Å². The summed E-state index contributed by atoms with van der Waals surface area (Å²) in [4.78, 5) is 4.29. The van der Waals surface area contributed by atoms with Gasteiger partial charge in [-0.2, -0.15) is 5.10 Å². The van der Waals surface area contributed by atoms with Crippen LogP contribution in [0, 0.1) is 0 Å². The molecule has 0 aliphatic carbocycles. The number of rotatable bonds is 5. The number of aromatic nitrogens is 3. The second-order valence-electron chi connectivity index (χ2n) is 3.53. The fourth-order valence-corrected chi connectivity index (χ4v) is 2.55. The molecule has 90 valence electrons. The van der Waals surface area contributed by atoms with E-state index in [9.17, 15) is 0 Å². The maximum atomic E-state index is 4.29. The van der Waals surface area contributed by atoms with E-state index in [4.69, 9.17) is 0 Å². The molecule has 2 aromatic heterocycles. The smallest absolute Gasteiger partial charge is 0.140 e. The summed E-state index contributed by atoms with van der Waals surface area (Å²) in [6, 6.07) is 3.91. The normalized spacial score (nSPS) is 10.5. The van der Waals surface area contributed by atoms with Crippen LogP contribution in [0.4, 0.5) is 5.82 Å². The molecule has 0 saturated heterocycles. The Morgan fingerprint density at radius 2 is 2.24 bits per heavy atom. The van der Waals surface area contributed by atoms with Crippen molar-refractivity contribution in [2.45, 2.75) is 13.0 Å². The van der Waals surface area contributed by atoms with E-state index in [0.717, 1.165) is 34.3 Å². The molecule has 2 aromatic rings. The highest BCUT2D eigenvalue weighted by molar-refractivity contribution is 9.11. The van der Waals surface area contributed by atoms with Crippen molar-refractivity contribution in [2.75, 3.05) is 11.9 Å². The highest BCUT2D eigenvalue weighted by Crippen LogP contribution is 2.23. The van der Waals surface area contributed by atoms with Crippen LogP contribution < -0.4 is 5.32 Å². The first-order valence-corrected chi connectivity index (χ1v) is 6.86. The van der Waals surface area contributed by atoms with E-state index in [1.165, 1.54) is 0 Å². The highest BCUT2D eigenvalue weighted by Gasteiger charge is 2.01. The molecule has 0 aliphatic rings. The fourth-order valence-electron chi connectivity index (χ4n) is 1.43. The van der Waals surface area contributed by atoms with Gasteiger partial charge in [0.05, 0.1) is 4.47 Å². The van der Waals surface area contributed by atoms with Gasteiger partial charge in [0.25, 0.3) is 0 Å². The van der Waals surface area contributed by atoms with Gasteiger partial charge in [0, 0.05) is 36.2 Å². The lowest BCUT2D eigenvalue weighted by atomic mass is 10.4. The topological polar surface area (TPSA) is 42.7 Å². The predicted molar refractivity (Wildman–Crippen MR) is 75.0 cm³/mol. The van der Waals surface area contributed by atoms with Crippen LogP contribution in [0.15, 0.2) is 39.7 Å². The number of nitrogens with one attached hydrogen (secondary N) is 1. The summed E-state index contributed by atoms with van der Waals surface area (Å²) >= 11 is 6.84. The molecular formula is C11H12Br2N4. The van der Waals surface area contributed by atoms with E-state index in [-0.39, 0.29) is 0 Å². The zero-order chi connectivity index (χ0) is 12.1. The summed E-state index contributed by atoms with van der Waals surface area (Å²) < 4.78 is 3.85. The van der Waals surface area contributed by atoms with E-state index in [1.54, 1.807) is 12.4 Å². The minimum Gasteiger partial charge on any atom is -0.369 e. The summed E-state index contributed by atoms with van der Waals surface area (Å²) in [6.07, 6.45) is 6.54. The Kier molecular flexibility index (Phi) is 4.56. The van der Waals surface area contributed by atoms with E-state index < -0.39 is 0 Å². The Bertz CT molecular complexity index is 470. The molecule has 0 atom stereocenters. The zero-order valence-corrected chi connectivity index (χ0v) is 12.3. The summed E-state index contributed by atoms with van der Waals surface area (Å²) in [5, 5.41) is 7.43. The van der Waals surface area contributed by atoms with Crippen LogP contribution in [0.3, 0.4) is 0 Å². The third-order valence-corrected chi connectivity index (χ3v) is 3.26. The summed E-state index contributed by atoms with van der Waals surface area (Å²) in [7, 11) is 0. The van der Waals surface area contributed by atoms with Gasteiger partial charge >= 0.3 is 0 Å². The van der Waals surface area contributed by atoms with Gasteiger partial charge in [0.15, 0.2) is 0 Å². The van der Waals surface area contributed by atoms with Crippen molar-refractivity contribution in [2.24, 2.45) is 0 Å². The molecule has 2 rings (SSSR count). The van der Waals surface area contributed by atoms with Crippen molar-refractivity contribution in [3.63, 3.8) is 0 Å². The molecule has 0 amide bonds. The van der Waals surface area contributed by atoms with E-state index in [0.29, 0.717) is 0 Å². The first-order valence-electron chi connectivity index (χ1n) is 5.28. The quantitative estimate of drug-likeness (QED) is 0.833. The third-order valence-electron chi connectivity index (χ3n) is 2.22. The minimum atomic E-state index is 0.868. The average Bonchev–Trinajstić information content (AvgIpc) is 2.79. The van der Waals surface area contributed by atoms with Gasteiger partial charge in [0.1, 0.15) is 5.82 Å². The molecule has 0 aliphatic heterocycles. The van der Waals surface area contributed by atoms with Crippen LogP contribution in [0.1, 0.15) is 6.42 Å². The molecular weight excluding hydrogens is 348 g/mol. The van der Waals surface area contributed by atoms with Crippen LogP contribution in [-0.4, -0.2) is 21.3 Å². The Morgan fingerprint density at radius 1 is 1.35 bits per heavy atom. The Balaban J connectivity index is 1.78. The van der Waals surface area contributed by atoms with Gasteiger partial charge in [-0.1, -0.05) is 0 Å². The van der Waals surface area contributed by atoms with Crippen molar-refractivity contribution in [1.29, 1.82) is 0 Å². The van der Waals surface area contributed by atoms with Crippen molar-refractivity contribution in [1.82, 2.24) is 14.8 Å². The Hall–Kier alpha value is -0.880. The first-order chi connectivity index (χ1) is 8.25. The third kappa shape index (κ3) is 3.81. The van der Waals surface area contributed by atoms with Gasteiger partial charge < -0.3 is 5.32 Å². The van der Waals surface area contributed by atoms with Crippen molar-refractivity contribution >= 4 is 37.7 Å². The van der Waals surface area contributed by atoms with Crippen molar-refractivity contribution in [3.05, 3.63) is 39.7 Å². The number of hydrogen-bond donors (Lipinski definition) is 1. The minimum absolute atomic E-state index is 0.868. The van der Waals surface area contributed by atoms with Crippen LogP contribution in [0.5, 0.6) is 0 Å². The second-order valence-corrected chi connectivity index (χ2v) is 5.30. The molecule has 0 spiro atoms.